The zero-order chi connectivity index (χ0) is 16.6. The lowest BCUT2D eigenvalue weighted by atomic mass is 10.1. The largest absolute Gasteiger partial charge is 0.454 e. The van der Waals surface area contributed by atoms with Crippen LogP contribution in [0.15, 0.2) is 67.1 Å². The third kappa shape index (κ3) is 2.44. The molecule has 6 nitrogen and oxygen atoms in total. The second-order valence-corrected chi connectivity index (χ2v) is 5.69. The third-order valence-electron chi connectivity index (χ3n) is 4.08. The molecule has 0 unspecified atom stereocenters. The molecule has 122 valence electrons. The van der Waals surface area contributed by atoms with Gasteiger partial charge in [-0.15, -0.1) is 0 Å². The highest BCUT2D eigenvalue weighted by Gasteiger charge is 2.16. The summed E-state index contributed by atoms with van der Waals surface area (Å²) >= 11 is 0. The summed E-state index contributed by atoms with van der Waals surface area (Å²) in [6.07, 6.45) is 5.62. The van der Waals surface area contributed by atoms with E-state index in [4.69, 9.17) is 14.5 Å². The minimum Gasteiger partial charge on any atom is -0.454 e. The van der Waals surface area contributed by atoms with Crippen LogP contribution in [0.5, 0.6) is 11.5 Å². The van der Waals surface area contributed by atoms with Crippen LogP contribution in [0.3, 0.4) is 0 Å². The van der Waals surface area contributed by atoms with Gasteiger partial charge in [0.1, 0.15) is 0 Å². The summed E-state index contributed by atoms with van der Waals surface area (Å²) in [6, 6.07) is 15.8. The molecule has 1 aliphatic rings. The van der Waals surface area contributed by atoms with Crippen LogP contribution < -0.4 is 14.8 Å². The van der Waals surface area contributed by atoms with Crippen molar-refractivity contribution in [1.82, 2.24) is 14.4 Å². The van der Waals surface area contributed by atoms with Crippen LogP contribution in [0, 0.1) is 0 Å². The number of ether oxygens (including phenoxy) is 2. The van der Waals surface area contributed by atoms with E-state index in [1.807, 2.05) is 65.3 Å². The summed E-state index contributed by atoms with van der Waals surface area (Å²) in [5.74, 6) is 2.20. The molecule has 2 aromatic heterocycles. The second kappa shape index (κ2) is 5.52. The van der Waals surface area contributed by atoms with Crippen molar-refractivity contribution >= 4 is 17.2 Å². The first-order valence-corrected chi connectivity index (χ1v) is 7.93. The molecule has 0 atom stereocenters. The van der Waals surface area contributed by atoms with Gasteiger partial charge < -0.3 is 19.2 Å². The Morgan fingerprint density at radius 1 is 1.00 bits per heavy atom. The molecule has 1 N–H and O–H groups in total. The van der Waals surface area contributed by atoms with E-state index < -0.39 is 0 Å². The van der Waals surface area contributed by atoms with Crippen LogP contribution >= 0.6 is 0 Å². The van der Waals surface area contributed by atoms with E-state index in [1.165, 1.54) is 0 Å². The number of hydrogen-bond acceptors (Lipinski definition) is 5. The standard InChI is InChI=1S/C19H14N4O2/c1-2-4-14(5-3-1)21-18-19-20-8-9-23(19)11-15(22-18)13-6-7-16-17(10-13)25-12-24-16/h1-11H,12H2,(H,21,22). The average molecular weight is 330 g/mol. The number of nitrogens with one attached hydrogen (secondary N) is 1. The minimum atomic E-state index is 0.258. The Labute approximate surface area is 143 Å². The van der Waals surface area contributed by atoms with Crippen LogP contribution in [0.2, 0.25) is 0 Å². The van der Waals surface area contributed by atoms with Crippen LogP contribution in [0.25, 0.3) is 16.9 Å². The molecule has 1 aliphatic heterocycles. The van der Waals surface area contributed by atoms with Crippen molar-refractivity contribution in [3.05, 3.63) is 67.1 Å². The lowest BCUT2D eigenvalue weighted by Crippen LogP contribution is -2.00. The first-order valence-electron chi connectivity index (χ1n) is 7.93. The number of para-hydroxylation sites is 1. The van der Waals surface area contributed by atoms with E-state index in [0.717, 1.165) is 34.1 Å². The fraction of sp³-hybridized carbons (Fsp3) is 0.0526. The Morgan fingerprint density at radius 3 is 2.80 bits per heavy atom. The third-order valence-corrected chi connectivity index (χ3v) is 4.08. The van der Waals surface area contributed by atoms with E-state index in [9.17, 15) is 0 Å². The highest BCUT2D eigenvalue weighted by molar-refractivity contribution is 5.74. The van der Waals surface area contributed by atoms with Gasteiger partial charge in [0, 0.05) is 29.8 Å². The topological polar surface area (TPSA) is 60.7 Å². The first kappa shape index (κ1) is 13.9. The van der Waals surface area contributed by atoms with E-state index in [1.54, 1.807) is 6.20 Å². The second-order valence-electron chi connectivity index (χ2n) is 5.69. The van der Waals surface area contributed by atoms with E-state index >= 15 is 0 Å². The predicted octanol–water partition coefficient (Wildman–Crippen LogP) is 3.87. The van der Waals surface area contributed by atoms with E-state index in [0.29, 0.717) is 5.82 Å². The summed E-state index contributed by atoms with van der Waals surface area (Å²) < 4.78 is 12.8. The summed E-state index contributed by atoms with van der Waals surface area (Å²) in [4.78, 5) is 9.17. The highest BCUT2D eigenvalue weighted by atomic mass is 16.7. The van der Waals surface area contributed by atoms with Gasteiger partial charge in [0.15, 0.2) is 23.0 Å². The van der Waals surface area contributed by atoms with Gasteiger partial charge in [-0.3, -0.25) is 0 Å². The SMILES string of the molecule is c1ccc(Nc2nc(-c3ccc4c(c3)OCO4)cn3ccnc23)cc1. The van der Waals surface area contributed by atoms with Crippen molar-refractivity contribution in [3.63, 3.8) is 0 Å². The number of benzene rings is 2. The lowest BCUT2D eigenvalue weighted by Gasteiger charge is -2.10. The highest BCUT2D eigenvalue weighted by Crippen LogP contribution is 2.36. The summed E-state index contributed by atoms with van der Waals surface area (Å²) in [7, 11) is 0. The molecular weight excluding hydrogens is 316 g/mol. The summed E-state index contributed by atoms with van der Waals surface area (Å²) in [5.41, 5.74) is 3.51. The molecule has 6 heteroatoms. The fourth-order valence-corrected chi connectivity index (χ4v) is 2.87. The molecule has 0 radical (unpaired) electrons. The minimum absolute atomic E-state index is 0.258. The van der Waals surface area contributed by atoms with Crippen LogP contribution in [0.1, 0.15) is 0 Å². The Morgan fingerprint density at radius 2 is 1.88 bits per heavy atom. The molecule has 4 aromatic rings. The van der Waals surface area contributed by atoms with E-state index in [-0.39, 0.29) is 6.79 Å². The number of nitrogens with zero attached hydrogens (tertiary/aromatic N) is 3. The van der Waals surface area contributed by atoms with Crippen molar-refractivity contribution in [2.45, 2.75) is 0 Å². The molecule has 0 aliphatic carbocycles. The normalized spacial score (nSPS) is 12.5. The number of imidazole rings is 1. The van der Waals surface area contributed by atoms with Crippen molar-refractivity contribution in [3.8, 4) is 22.8 Å². The Balaban J connectivity index is 1.62. The molecule has 0 amide bonds. The van der Waals surface area contributed by atoms with Crippen LogP contribution in [-0.4, -0.2) is 21.2 Å². The molecule has 0 bridgehead atoms. The zero-order valence-corrected chi connectivity index (χ0v) is 13.2. The molecule has 5 rings (SSSR count). The molecular formula is C19H14N4O2. The smallest absolute Gasteiger partial charge is 0.231 e. The maximum atomic E-state index is 5.47. The maximum absolute atomic E-state index is 5.47. The van der Waals surface area contributed by atoms with Gasteiger partial charge in [-0.25, -0.2) is 9.97 Å². The van der Waals surface area contributed by atoms with Crippen LogP contribution in [-0.2, 0) is 0 Å². The molecule has 3 heterocycles. The van der Waals surface area contributed by atoms with Gasteiger partial charge in [0.05, 0.1) is 5.69 Å². The van der Waals surface area contributed by atoms with Gasteiger partial charge in [-0.05, 0) is 30.3 Å². The molecule has 0 fully saturated rings. The van der Waals surface area contributed by atoms with Gasteiger partial charge in [0.2, 0.25) is 6.79 Å². The molecule has 2 aromatic carbocycles. The van der Waals surface area contributed by atoms with Crippen LogP contribution in [0.4, 0.5) is 11.5 Å². The number of fused-ring (bicyclic) bond motifs is 2. The van der Waals surface area contributed by atoms with Crippen molar-refractivity contribution in [2.24, 2.45) is 0 Å². The van der Waals surface area contributed by atoms with E-state index in [2.05, 4.69) is 10.3 Å². The Kier molecular flexibility index (Phi) is 3.06. The number of rotatable bonds is 3. The summed E-state index contributed by atoms with van der Waals surface area (Å²) in [6.45, 7) is 0.258. The van der Waals surface area contributed by atoms with Gasteiger partial charge in [0.25, 0.3) is 0 Å². The van der Waals surface area contributed by atoms with Crippen molar-refractivity contribution < 1.29 is 9.47 Å². The predicted molar refractivity (Wildman–Crippen MR) is 94.3 cm³/mol. The Hall–Kier alpha value is -3.54. The van der Waals surface area contributed by atoms with Gasteiger partial charge >= 0.3 is 0 Å². The quantitative estimate of drug-likeness (QED) is 0.618. The fourth-order valence-electron chi connectivity index (χ4n) is 2.87. The molecule has 0 saturated heterocycles. The Bertz CT molecular complexity index is 1060. The monoisotopic (exact) mass is 330 g/mol. The summed E-state index contributed by atoms with van der Waals surface area (Å²) in [5, 5.41) is 3.35. The van der Waals surface area contributed by atoms with Gasteiger partial charge in [-0.1, -0.05) is 18.2 Å². The maximum Gasteiger partial charge on any atom is 0.231 e. The van der Waals surface area contributed by atoms with Crippen molar-refractivity contribution in [1.29, 1.82) is 0 Å². The number of aromatic nitrogens is 3. The zero-order valence-electron chi connectivity index (χ0n) is 13.2. The first-order chi connectivity index (χ1) is 12.4. The van der Waals surface area contributed by atoms with Gasteiger partial charge in [-0.2, -0.15) is 0 Å². The average Bonchev–Trinajstić information content (AvgIpc) is 3.31. The molecule has 25 heavy (non-hydrogen) atoms. The number of anilines is 2. The molecule has 0 saturated carbocycles. The number of hydrogen-bond donors (Lipinski definition) is 1. The van der Waals surface area contributed by atoms with Crippen molar-refractivity contribution in [2.75, 3.05) is 12.1 Å². The molecule has 0 spiro atoms. The lowest BCUT2D eigenvalue weighted by molar-refractivity contribution is 0.174.